The van der Waals surface area contributed by atoms with Crippen LogP contribution in [0.1, 0.15) is 17.3 Å². The van der Waals surface area contributed by atoms with E-state index >= 15 is 0 Å². The lowest BCUT2D eigenvalue weighted by Crippen LogP contribution is -2.05. The van der Waals surface area contributed by atoms with Gasteiger partial charge in [0.05, 0.1) is 29.9 Å². The lowest BCUT2D eigenvalue weighted by molar-refractivity contribution is 0.414. The maximum Gasteiger partial charge on any atom is 0.172 e. The first-order valence-electron chi connectivity index (χ1n) is 9.43. The Balaban J connectivity index is 1.51. The van der Waals surface area contributed by atoms with Crippen LogP contribution in [0, 0.1) is 0 Å². The zero-order valence-electron chi connectivity index (χ0n) is 16.5. The SMILES string of the molecule is COc1cc(-n2nc(Cn3cccn3)nc2Cc2csc(-c3ccsc3)n2)ccc1Cl. The van der Waals surface area contributed by atoms with E-state index in [4.69, 9.17) is 31.4 Å². The van der Waals surface area contributed by atoms with Gasteiger partial charge >= 0.3 is 0 Å². The molecule has 156 valence electrons. The number of nitrogens with zero attached hydrogens (tertiary/aromatic N) is 6. The molecule has 0 radical (unpaired) electrons. The number of halogens is 1. The quantitative estimate of drug-likeness (QED) is 0.338. The van der Waals surface area contributed by atoms with Crippen molar-refractivity contribution < 1.29 is 4.74 Å². The number of ether oxygens (including phenoxy) is 1. The van der Waals surface area contributed by atoms with Gasteiger partial charge in [-0.3, -0.25) is 4.68 Å². The lowest BCUT2D eigenvalue weighted by atomic mass is 10.2. The van der Waals surface area contributed by atoms with Crippen molar-refractivity contribution in [2.75, 3.05) is 7.11 Å². The van der Waals surface area contributed by atoms with Crippen molar-refractivity contribution in [2.24, 2.45) is 0 Å². The van der Waals surface area contributed by atoms with Crippen LogP contribution in [0.2, 0.25) is 5.02 Å². The molecule has 1 aromatic carbocycles. The minimum Gasteiger partial charge on any atom is -0.495 e. The second-order valence-electron chi connectivity index (χ2n) is 6.71. The Morgan fingerprint density at radius 3 is 2.87 bits per heavy atom. The Labute approximate surface area is 191 Å². The summed E-state index contributed by atoms with van der Waals surface area (Å²) in [6, 6.07) is 9.52. The number of rotatable bonds is 7. The van der Waals surface area contributed by atoms with Crippen LogP contribution in [-0.4, -0.2) is 36.6 Å². The number of hydrogen-bond donors (Lipinski definition) is 0. The summed E-state index contributed by atoms with van der Waals surface area (Å²) in [7, 11) is 1.59. The summed E-state index contributed by atoms with van der Waals surface area (Å²) in [6.07, 6.45) is 4.18. The van der Waals surface area contributed by atoms with Gasteiger partial charge in [0.2, 0.25) is 0 Å². The third kappa shape index (κ3) is 4.25. The molecule has 0 aliphatic heterocycles. The summed E-state index contributed by atoms with van der Waals surface area (Å²) in [6.45, 7) is 0.481. The lowest BCUT2D eigenvalue weighted by Gasteiger charge is -2.08. The summed E-state index contributed by atoms with van der Waals surface area (Å²) < 4.78 is 9.00. The van der Waals surface area contributed by atoms with E-state index in [1.165, 1.54) is 0 Å². The van der Waals surface area contributed by atoms with Gasteiger partial charge in [-0.25, -0.2) is 14.6 Å². The van der Waals surface area contributed by atoms with E-state index in [0.717, 1.165) is 27.8 Å². The van der Waals surface area contributed by atoms with E-state index < -0.39 is 0 Å². The van der Waals surface area contributed by atoms with Gasteiger partial charge in [-0.05, 0) is 29.6 Å². The molecule has 0 unspecified atom stereocenters. The molecule has 0 saturated carbocycles. The largest absolute Gasteiger partial charge is 0.495 e. The summed E-state index contributed by atoms with van der Waals surface area (Å²) in [5.41, 5.74) is 2.92. The van der Waals surface area contributed by atoms with Crippen molar-refractivity contribution in [3.05, 3.63) is 81.2 Å². The minimum atomic E-state index is 0.481. The molecule has 4 aromatic heterocycles. The highest BCUT2D eigenvalue weighted by Gasteiger charge is 2.16. The van der Waals surface area contributed by atoms with Gasteiger partial charge in [-0.2, -0.15) is 16.4 Å². The number of thiophene rings is 1. The van der Waals surface area contributed by atoms with E-state index in [1.54, 1.807) is 46.7 Å². The fourth-order valence-electron chi connectivity index (χ4n) is 3.17. The maximum absolute atomic E-state index is 6.22. The van der Waals surface area contributed by atoms with Gasteiger partial charge < -0.3 is 4.74 Å². The van der Waals surface area contributed by atoms with E-state index in [2.05, 4.69) is 27.3 Å². The highest BCUT2D eigenvalue weighted by molar-refractivity contribution is 7.14. The molecule has 0 aliphatic carbocycles. The van der Waals surface area contributed by atoms with E-state index in [-0.39, 0.29) is 0 Å². The third-order valence-corrected chi connectivity index (χ3v) is 6.55. The first-order chi connectivity index (χ1) is 15.2. The molecule has 4 heterocycles. The van der Waals surface area contributed by atoms with Gasteiger partial charge in [-0.1, -0.05) is 11.6 Å². The van der Waals surface area contributed by atoms with Crippen LogP contribution >= 0.6 is 34.3 Å². The minimum absolute atomic E-state index is 0.481. The van der Waals surface area contributed by atoms with Crippen LogP contribution in [0.4, 0.5) is 0 Å². The van der Waals surface area contributed by atoms with Gasteiger partial charge in [0.1, 0.15) is 23.1 Å². The molecule has 0 fully saturated rings. The molecule has 0 atom stereocenters. The molecule has 10 heteroatoms. The summed E-state index contributed by atoms with van der Waals surface area (Å²) in [5.74, 6) is 2.04. The number of hydrogen-bond acceptors (Lipinski definition) is 7. The number of aromatic nitrogens is 6. The monoisotopic (exact) mass is 468 g/mol. The molecule has 5 rings (SSSR count). The molecule has 5 aromatic rings. The average Bonchev–Trinajstić information content (AvgIpc) is 3.57. The molecule has 0 spiro atoms. The van der Waals surface area contributed by atoms with Crippen LogP contribution < -0.4 is 4.74 Å². The summed E-state index contributed by atoms with van der Waals surface area (Å²) in [5, 5.41) is 16.8. The van der Waals surface area contributed by atoms with Crippen molar-refractivity contribution in [1.82, 2.24) is 29.5 Å². The predicted octanol–water partition coefficient (Wildman–Crippen LogP) is 4.95. The number of benzene rings is 1. The molecular weight excluding hydrogens is 452 g/mol. The van der Waals surface area contributed by atoms with Gasteiger partial charge in [-0.15, -0.1) is 16.4 Å². The van der Waals surface area contributed by atoms with Crippen LogP contribution in [0.3, 0.4) is 0 Å². The Hall–Kier alpha value is -3.01. The van der Waals surface area contributed by atoms with Crippen LogP contribution in [0.5, 0.6) is 5.75 Å². The van der Waals surface area contributed by atoms with Crippen molar-refractivity contribution in [1.29, 1.82) is 0 Å². The molecule has 0 aliphatic rings. The standard InChI is InChI=1S/C21H17ClN6OS2/c1-29-18-10-16(3-4-17(18)22)28-20(25-19(26-28)11-27-7-2-6-23-27)9-15-13-31-21(24-15)14-5-8-30-12-14/h2-8,10,12-13H,9,11H2,1H3. The molecule has 0 bridgehead atoms. The Morgan fingerprint density at radius 1 is 1.16 bits per heavy atom. The molecular formula is C21H17ClN6OS2. The third-order valence-electron chi connectivity index (χ3n) is 4.62. The smallest absolute Gasteiger partial charge is 0.172 e. The van der Waals surface area contributed by atoms with E-state index in [9.17, 15) is 0 Å². The number of methoxy groups -OCH3 is 1. The van der Waals surface area contributed by atoms with Gasteiger partial charge in [0.15, 0.2) is 5.82 Å². The fraction of sp³-hybridized carbons (Fsp3) is 0.143. The fourth-order valence-corrected chi connectivity index (χ4v) is 4.89. The van der Waals surface area contributed by atoms with Crippen LogP contribution in [0.15, 0.2) is 58.9 Å². The highest BCUT2D eigenvalue weighted by atomic mass is 35.5. The molecule has 0 N–H and O–H groups in total. The Kier molecular flexibility index (Phi) is 5.54. The first kappa shape index (κ1) is 19.9. The second-order valence-corrected chi connectivity index (χ2v) is 8.76. The van der Waals surface area contributed by atoms with Crippen molar-refractivity contribution in [2.45, 2.75) is 13.0 Å². The highest BCUT2D eigenvalue weighted by Crippen LogP contribution is 2.29. The first-order valence-corrected chi connectivity index (χ1v) is 11.6. The van der Waals surface area contributed by atoms with Crippen molar-refractivity contribution in [3.63, 3.8) is 0 Å². The van der Waals surface area contributed by atoms with E-state index in [1.807, 2.05) is 29.1 Å². The van der Waals surface area contributed by atoms with Gasteiger partial charge in [0, 0.05) is 34.8 Å². The molecule has 0 amide bonds. The number of thiazole rings is 1. The summed E-state index contributed by atoms with van der Waals surface area (Å²) in [4.78, 5) is 9.59. The molecule has 31 heavy (non-hydrogen) atoms. The van der Waals surface area contributed by atoms with Crippen molar-refractivity contribution in [3.8, 4) is 22.0 Å². The Bertz CT molecular complexity index is 1290. The molecule has 7 nitrogen and oxygen atoms in total. The van der Waals surface area contributed by atoms with Crippen molar-refractivity contribution >= 4 is 34.3 Å². The topological polar surface area (TPSA) is 70.7 Å². The zero-order valence-corrected chi connectivity index (χ0v) is 18.9. The van der Waals surface area contributed by atoms with E-state index in [0.29, 0.717) is 29.6 Å². The van der Waals surface area contributed by atoms with Gasteiger partial charge in [0.25, 0.3) is 0 Å². The van der Waals surface area contributed by atoms with Crippen LogP contribution in [0.25, 0.3) is 16.3 Å². The second kappa shape index (κ2) is 8.62. The normalized spacial score (nSPS) is 11.2. The Morgan fingerprint density at radius 2 is 2.10 bits per heavy atom. The van der Waals surface area contributed by atoms with Crippen LogP contribution in [-0.2, 0) is 13.0 Å². The zero-order chi connectivity index (χ0) is 21.2. The predicted molar refractivity (Wildman–Crippen MR) is 122 cm³/mol. The molecule has 0 saturated heterocycles. The average molecular weight is 469 g/mol. The maximum atomic E-state index is 6.22. The summed E-state index contributed by atoms with van der Waals surface area (Å²) >= 11 is 9.51.